The van der Waals surface area contributed by atoms with Gasteiger partial charge in [-0.05, 0) is 23.5 Å². The van der Waals surface area contributed by atoms with Crippen LogP contribution in [0.3, 0.4) is 0 Å². The number of aliphatic hydroxyl groups excluding tert-OH is 1. The van der Waals surface area contributed by atoms with Crippen LogP contribution < -0.4 is 10.6 Å². The molecular weight excluding hydrogens is 452 g/mol. The van der Waals surface area contributed by atoms with Crippen molar-refractivity contribution in [2.45, 2.75) is 72.2 Å². The molecule has 2 aromatic rings. The van der Waals surface area contributed by atoms with Gasteiger partial charge in [0, 0.05) is 25.9 Å². The summed E-state index contributed by atoms with van der Waals surface area (Å²) in [5.74, 6) is -0.900. The topological polar surface area (TPSA) is 112 Å². The quantitative estimate of drug-likeness (QED) is 0.557. The highest BCUT2D eigenvalue weighted by Crippen LogP contribution is 2.28. The highest BCUT2D eigenvalue weighted by molar-refractivity contribution is 7.13. The van der Waals surface area contributed by atoms with Gasteiger partial charge in [-0.25, -0.2) is 4.98 Å². The third kappa shape index (κ3) is 6.01. The molecule has 1 fully saturated rings. The number of nitrogens with one attached hydrogen (secondary N) is 2. The molecular formula is C25H34N4O4S. The van der Waals surface area contributed by atoms with Crippen LogP contribution >= 0.6 is 11.3 Å². The molecule has 0 bridgehead atoms. The molecule has 2 heterocycles. The van der Waals surface area contributed by atoms with Crippen molar-refractivity contribution in [3.63, 3.8) is 0 Å². The number of aryl methyl sites for hydroxylation is 1. The monoisotopic (exact) mass is 486 g/mol. The molecule has 8 nitrogen and oxygen atoms in total. The van der Waals surface area contributed by atoms with Gasteiger partial charge in [0.1, 0.15) is 12.1 Å². The van der Waals surface area contributed by atoms with Gasteiger partial charge in [0.15, 0.2) is 0 Å². The van der Waals surface area contributed by atoms with Gasteiger partial charge in [0.25, 0.3) is 0 Å². The van der Waals surface area contributed by atoms with Crippen molar-refractivity contribution in [1.29, 1.82) is 0 Å². The van der Waals surface area contributed by atoms with Crippen molar-refractivity contribution in [1.82, 2.24) is 20.5 Å². The van der Waals surface area contributed by atoms with E-state index in [-0.39, 0.29) is 37.1 Å². The van der Waals surface area contributed by atoms with Crippen molar-refractivity contribution in [2.75, 3.05) is 6.54 Å². The lowest BCUT2D eigenvalue weighted by molar-refractivity contribution is -0.144. The Morgan fingerprint density at radius 1 is 1.24 bits per heavy atom. The minimum absolute atomic E-state index is 0.0639. The Balaban J connectivity index is 1.67. The number of aliphatic hydroxyl groups is 1. The summed E-state index contributed by atoms with van der Waals surface area (Å²) >= 11 is 1.59. The lowest BCUT2D eigenvalue weighted by atomic mass is 9.85. The molecule has 184 valence electrons. The molecule has 1 aromatic carbocycles. The van der Waals surface area contributed by atoms with Gasteiger partial charge in [-0.3, -0.25) is 14.4 Å². The fourth-order valence-electron chi connectivity index (χ4n) is 4.04. The summed E-state index contributed by atoms with van der Waals surface area (Å²) in [6, 6.07) is 6.34. The van der Waals surface area contributed by atoms with Crippen molar-refractivity contribution in [3.8, 4) is 10.4 Å². The van der Waals surface area contributed by atoms with Crippen molar-refractivity contribution >= 4 is 29.1 Å². The maximum atomic E-state index is 13.4. The van der Waals surface area contributed by atoms with Gasteiger partial charge >= 0.3 is 0 Å². The molecule has 1 saturated heterocycles. The number of β-amino-alcohol motifs (C(OH)–C–C–N with tert-alkyl or cyclic N) is 1. The van der Waals surface area contributed by atoms with E-state index in [9.17, 15) is 19.5 Å². The van der Waals surface area contributed by atoms with E-state index in [0.29, 0.717) is 6.54 Å². The second-order valence-electron chi connectivity index (χ2n) is 9.80. The number of nitrogens with zero attached hydrogens (tertiary/aromatic N) is 2. The van der Waals surface area contributed by atoms with E-state index in [2.05, 4.69) is 15.6 Å². The maximum absolute atomic E-state index is 13.4. The Kier molecular flexibility index (Phi) is 8.09. The minimum Gasteiger partial charge on any atom is -0.391 e. The lowest BCUT2D eigenvalue weighted by Crippen LogP contribution is -2.57. The Labute approximate surface area is 204 Å². The van der Waals surface area contributed by atoms with Gasteiger partial charge in [-0.15, -0.1) is 11.3 Å². The summed E-state index contributed by atoms with van der Waals surface area (Å²) in [7, 11) is 0. The number of aromatic nitrogens is 1. The zero-order valence-electron chi connectivity index (χ0n) is 20.4. The van der Waals surface area contributed by atoms with Gasteiger partial charge in [0.2, 0.25) is 17.7 Å². The minimum atomic E-state index is -0.789. The smallest absolute Gasteiger partial charge is 0.246 e. The SMILES string of the molecule is CCC(=O)N[C@H](C(=O)N1C[C@@H](O)C[C@H]1C(=O)NCc1ccc(-c2scnc2C)cc1)C(C)(C)C. The number of amides is 3. The van der Waals surface area contributed by atoms with Crippen molar-refractivity contribution in [3.05, 3.63) is 41.0 Å². The van der Waals surface area contributed by atoms with E-state index in [1.165, 1.54) is 4.90 Å². The van der Waals surface area contributed by atoms with E-state index < -0.39 is 23.6 Å². The summed E-state index contributed by atoms with van der Waals surface area (Å²) in [5, 5.41) is 15.9. The van der Waals surface area contributed by atoms with Crippen LogP contribution in [0.5, 0.6) is 0 Å². The first kappa shape index (κ1) is 25.8. The van der Waals surface area contributed by atoms with Gasteiger partial charge in [-0.2, -0.15) is 0 Å². The van der Waals surface area contributed by atoms with Gasteiger partial charge in [-0.1, -0.05) is 52.0 Å². The number of hydrogen-bond acceptors (Lipinski definition) is 6. The first-order chi connectivity index (χ1) is 16.0. The number of hydrogen-bond donors (Lipinski definition) is 3. The number of carbonyl (C=O) groups excluding carboxylic acids is 3. The van der Waals surface area contributed by atoms with Crippen LogP contribution in [0.1, 0.15) is 51.8 Å². The van der Waals surface area contributed by atoms with E-state index in [4.69, 9.17) is 0 Å². The molecule has 9 heteroatoms. The Morgan fingerprint density at radius 2 is 1.91 bits per heavy atom. The Morgan fingerprint density at radius 3 is 2.47 bits per heavy atom. The third-order valence-corrected chi connectivity index (χ3v) is 7.01. The van der Waals surface area contributed by atoms with Crippen LogP contribution in [0.4, 0.5) is 0 Å². The third-order valence-electron chi connectivity index (χ3n) is 6.03. The number of benzene rings is 1. The fraction of sp³-hybridized carbons (Fsp3) is 0.520. The summed E-state index contributed by atoms with van der Waals surface area (Å²) in [6.07, 6.45) is -0.364. The van der Waals surface area contributed by atoms with Crippen molar-refractivity contribution in [2.24, 2.45) is 5.41 Å². The van der Waals surface area contributed by atoms with Crippen LogP contribution in [0.25, 0.3) is 10.4 Å². The highest BCUT2D eigenvalue weighted by Gasteiger charge is 2.44. The average Bonchev–Trinajstić information content (AvgIpc) is 3.40. The first-order valence-electron chi connectivity index (χ1n) is 11.6. The zero-order chi connectivity index (χ0) is 25.0. The normalized spacial score (nSPS) is 19.1. The number of likely N-dealkylation sites (tertiary alicyclic amines) is 1. The summed E-state index contributed by atoms with van der Waals surface area (Å²) in [6.45, 7) is 9.67. The van der Waals surface area contributed by atoms with Gasteiger partial charge < -0.3 is 20.6 Å². The van der Waals surface area contributed by atoms with Crippen LogP contribution in [0.2, 0.25) is 0 Å². The highest BCUT2D eigenvalue weighted by atomic mass is 32.1. The van der Waals surface area contributed by atoms with E-state index >= 15 is 0 Å². The molecule has 3 atom stereocenters. The molecule has 0 aliphatic carbocycles. The van der Waals surface area contributed by atoms with Crippen LogP contribution in [-0.2, 0) is 20.9 Å². The predicted molar refractivity (Wildman–Crippen MR) is 132 cm³/mol. The standard InChI is InChI=1S/C25H34N4O4S/c1-6-20(31)28-22(25(3,4)5)24(33)29-13-18(30)11-19(29)23(32)26-12-16-7-9-17(10-8-16)21-15(2)27-14-34-21/h7-10,14,18-19,22,30H,6,11-13H2,1-5H3,(H,26,32)(H,28,31)/t18-,19-,22+/m0/s1. The molecule has 0 saturated carbocycles. The van der Waals surface area contributed by atoms with Crippen LogP contribution in [0, 0.1) is 12.3 Å². The van der Waals surface area contributed by atoms with E-state index in [0.717, 1.165) is 21.7 Å². The van der Waals surface area contributed by atoms with E-state index in [1.54, 1.807) is 18.3 Å². The number of carbonyl (C=O) groups is 3. The largest absolute Gasteiger partial charge is 0.391 e. The summed E-state index contributed by atoms with van der Waals surface area (Å²) < 4.78 is 0. The number of rotatable bonds is 7. The summed E-state index contributed by atoms with van der Waals surface area (Å²) in [4.78, 5) is 45.2. The number of thiazole rings is 1. The zero-order valence-corrected chi connectivity index (χ0v) is 21.2. The molecule has 3 N–H and O–H groups in total. The molecule has 3 rings (SSSR count). The van der Waals surface area contributed by atoms with Crippen LogP contribution in [0.15, 0.2) is 29.8 Å². The Hall–Kier alpha value is -2.78. The van der Waals surface area contributed by atoms with Crippen molar-refractivity contribution < 1.29 is 19.5 Å². The molecule has 1 aromatic heterocycles. The second kappa shape index (κ2) is 10.7. The molecule has 0 unspecified atom stereocenters. The fourth-order valence-corrected chi connectivity index (χ4v) is 4.86. The van der Waals surface area contributed by atoms with E-state index in [1.807, 2.05) is 57.5 Å². The molecule has 0 radical (unpaired) electrons. The van der Waals surface area contributed by atoms with Gasteiger partial charge in [0.05, 0.1) is 22.2 Å². The predicted octanol–water partition coefficient (Wildman–Crippen LogP) is 2.64. The Bertz CT molecular complexity index is 1030. The van der Waals surface area contributed by atoms with Crippen LogP contribution in [-0.4, -0.2) is 57.4 Å². The lowest BCUT2D eigenvalue weighted by Gasteiger charge is -2.35. The maximum Gasteiger partial charge on any atom is 0.246 e. The molecule has 0 spiro atoms. The summed E-state index contributed by atoms with van der Waals surface area (Å²) in [5.41, 5.74) is 4.26. The molecule has 1 aliphatic rings. The first-order valence-corrected chi connectivity index (χ1v) is 12.4. The molecule has 1 aliphatic heterocycles. The molecule has 3 amide bonds. The molecule has 34 heavy (non-hydrogen) atoms. The average molecular weight is 487 g/mol. The second-order valence-corrected chi connectivity index (χ2v) is 10.7.